The van der Waals surface area contributed by atoms with E-state index < -0.39 is 11.6 Å². The molecule has 0 aliphatic rings. The molecule has 0 spiro atoms. The van der Waals surface area contributed by atoms with Crippen molar-refractivity contribution in [1.29, 1.82) is 0 Å². The smallest absolute Gasteiger partial charge is 0.131 e. The van der Waals surface area contributed by atoms with Crippen molar-refractivity contribution < 1.29 is 8.78 Å². The molecule has 3 rings (SSSR count). The van der Waals surface area contributed by atoms with Crippen LogP contribution in [0.3, 0.4) is 0 Å². The molecule has 1 aromatic heterocycles. The number of aryl methyl sites for hydroxylation is 2. The third-order valence-electron chi connectivity index (χ3n) is 3.85. The Kier molecular flexibility index (Phi) is 4.93. The van der Waals surface area contributed by atoms with Crippen LogP contribution in [-0.4, -0.2) is 9.78 Å². The quantitative estimate of drug-likeness (QED) is 0.534. The van der Waals surface area contributed by atoms with Gasteiger partial charge in [0.2, 0.25) is 0 Å². The fourth-order valence-electron chi connectivity index (χ4n) is 2.68. The van der Waals surface area contributed by atoms with Gasteiger partial charge in [-0.15, -0.1) is 0 Å². The standard InChI is InChI=1S/C19H14Cl2F2N2/c1-11-15(7-4-12-3-5-13(20)9-18(12)23)19(25(2)24-11)16-8-6-14(22)10-17(16)21/h3-10H,1-2H3/b7-4+. The summed E-state index contributed by atoms with van der Waals surface area (Å²) in [7, 11) is 1.78. The van der Waals surface area contributed by atoms with Crippen molar-refractivity contribution in [2.45, 2.75) is 6.92 Å². The Morgan fingerprint density at radius 3 is 2.48 bits per heavy atom. The summed E-state index contributed by atoms with van der Waals surface area (Å²) in [6.07, 6.45) is 3.42. The van der Waals surface area contributed by atoms with Gasteiger partial charge in [0.15, 0.2) is 0 Å². The van der Waals surface area contributed by atoms with Gasteiger partial charge >= 0.3 is 0 Å². The van der Waals surface area contributed by atoms with E-state index in [0.717, 1.165) is 17.0 Å². The lowest BCUT2D eigenvalue weighted by molar-refractivity contribution is 0.625. The summed E-state index contributed by atoms with van der Waals surface area (Å²) in [6, 6.07) is 8.69. The maximum Gasteiger partial charge on any atom is 0.131 e. The molecule has 0 atom stereocenters. The lowest BCUT2D eigenvalue weighted by Gasteiger charge is -2.07. The van der Waals surface area contributed by atoms with Crippen molar-refractivity contribution in [3.63, 3.8) is 0 Å². The van der Waals surface area contributed by atoms with Gasteiger partial charge in [0.25, 0.3) is 0 Å². The first-order valence-electron chi connectivity index (χ1n) is 7.49. The molecule has 128 valence electrons. The molecule has 0 radical (unpaired) electrons. The topological polar surface area (TPSA) is 17.8 Å². The van der Waals surface area contributed by atoms with Crippen molar-refractivity contribution >= 4 is 35.4 Å². The Morgan fingerprint density at radius 2 is 1.80 bits per heavy atom. The van der Waals surface area contributed by atoms with E-state index in [1.54, 1.807) is 42.1 Å². The number of nitrogens with zero attached hydrogens (tertiary/aromatic N) is 2. The second kappa shape index (κ2) is 6.98. The van der Waals surface area contributed by atoms with Gasteiger partial charge in [-0.1, -0.05) is 41.4 Å². The van der Waals surface area contributed by atoms with Crippen LogP contribution in [0, 0.1) is 18.6 Å². The van der Waals surface area contributed by atoms with Gasteiger partial charge in [-0.2, -0.15) is 5.10 Å². The van der Waals surface area contributed by atoms with Crippen molar-refractivity contribution in [1.82, 2.24) is 9.78 Å². The Hall–Kier alpha value is -2.17. The van der Waals surface area contributed by atoms with Gasteiger partial charge in [0.05, 0.1) is 16.4 Å². The number of halogens is 4. The molecule has 2 aromatic carbocycles. The second-order valence-electron chi connectivity index (χ2n) is 5.59. The first-order chi connectivity index (χ1) is 11.9. The number of benzene rings is 2. The van der Waals surface area contributed by atoms with E-state index in [4.69, 9.17) is 23.2 Å². The Bertz CT molecular complexity index is 978. The van der Waals surface area contributed by atoms with Crippen LogP contribution in [0.1, 0.15) is 16.8 Å². The van der Waals surface area contributed by atoms with Crippen LogP contribution in [-0.2, 0) is 7.05 Å². The van der Waals surface area contributed by atoms with E-state index in [9.17, 15) is 8.78 Å². The van der Waals surface area contributed by atoms with Crippen molar-refractivity contribution in [2.24, 2.45) is 7.05 Å². The molecule has 0 saturated carbocycles. The molecule has 1 heterocycles. The Morgan fingerprint density at radius 1 is 1.04 bits per heavy atom. The number of hydrogen-bond donors (Lipinski definition) is 0. The zero-order valence-corrected chi connectivity index (χ0v) is 15.0. The number of hydrogen-bond acceptors (Lipinski definition) is 1. The molecule has 0 aliphatic carbocycles. The SMILES string of the molecule is Cc1nn(C)c(-c2ccc(F)cc2Cl)c1/C=C/c1ccc(Cl)cc1F. The zero-order valence-electron chi connectivity index (χ0n) is 13.5. The minimum absolute atomic E-state index is 0.287. The summed E-state index contributed by atoms with van der Waals surface area (Å²) in [5, 5.41) is 5.02. The fourth-order valence-corrected chi connectivity index (χ4v) is 3.10. The van der Waals surface area contributed by atoms with Crippen LogP contribution >= 0.6 is 23.2 Å². The van der Waals surface area contributed by atoms with E-state index in [-0.39, 0.29) is 5.02 Å². The average molecular weight is 379 g/mol. The third kappa shape index (κ3) is 3.60. The Labute approximate surface area is 154 Å². The second-order valence-corrected chi connectivity index (χ2v) is 6.44. The molecule has 25 heavy (non-hydrogen) atoms. The molecule has 0 fully saturated rings. The lowest BCUT2D eigenvalue weighted by atomic mass is 10.0. The molecule has 6 heteroatoms. The molecule has 0 saturated heterocycles. The predicted octanol–water partition coefficient (Wildman–Crippen LogP) is 6.15. The van der Waals surface area contributed by atoms with Gasteiger partial charge in [-0.3, -0.25) is 4.68 Å². The van der Waals surface area contributed by atoms with Crippen LogP contribution in [0.2, 0.25) is 10.0 Å². The molecule has 3 aromatic rings. The highest BCUT2D eigenvalue weighted by atomic mass is 35.5. The first-order valence-corrected chi connectivity index (χ1v) is 8.24. The van der Waals surface area contributed by atoms with Crippen molar-refractivity contribution in [3.05, 3.63) is 74.9 Å². The fraction of sp³-hybridized carbons (Fsp3) is 0.105. The van der Waals surface area contributed by atoms with Gasteiger partial charge < -0.3 is 0 Å². The monoisotopic (exact) mass is 378 g/mol. The van der Waals surface area contributed by atoms with E-state index >= 15 is 0 Å². The highest BCUT2D eigenvalue weighted by molar-refractivity contribution is 6.33. The van der Waals surface area contributed by atoms with E-state index in [0.29, 0.717) is 16.1 Å². The Balaban J connectivity index is 2.09. The number of rotatable bonds is 3. The van der Waals surface area contributed by atoms with Crippen molar-refractivity contribution in [2.75, 3.05) is 0 Å². The maximum absolute atomic E-state index is 14.0. The minimum Gasteiger partial charge on any atom is -0.267 e. The van der Waals surface area contributed by atoms with Crippen LogP contribution in [0.4, 0.5) is 8.78 Å². The lowest BCUT2D eigenvalue weighted by Crippen LogP contribution is -1.95. The summed E-state index contributed by atoms with van der Waals surface area (Å²) in [4.78, 5) is 0. The summed E-state index contributed by atoms with van der Waals surface area (Å²) >= 11 is 12.0. The molecule has 0 bridgehead atoms. The molecule has 0 N–H and O–H groups in total. The van der Waals surface area contributed by atoms with E-state index in [1.807, 2.05) is 6.92 Å². The van der Waals surface area contributed by atoms with Gasteiger partial charge in [-0.05, 0) is 37.3 Å². The third-order valence-corrected chi connectivity index (χ3v) is 4.39. The highest BCUT2D eigenvalue weighted by Gasteiger charge is 2.16. The first kappa shape index (κ1) is 17.6. The summed E-state index contributed by atoms with van der Waals surface area (Å²) in [6.45, 7) is 1.85. The molecule has 2 nitrogen and oxygen atoms in total. The van der Waals surface area contributed by atoms with Crippen LogP contribution < -0.4 is 0 Å². The van der Waals surface area contributed by atoms with Gasteiger partial charge in [0, 0.05) is 28.8 Å². The van der Waals surface area contributed by atoms with E-state index in [1.165, 1.54) is 18.2 Å². The largest absolute Gasteiger partial charge is 0.267 e. The van der Waals surface area contributed by atoms with Crippen LogP contribution in [0.15, 0.2) is 36.4 Å². The maximum atomic E-state index is 14.0. The molecule has 0 unspecified atom stereocenters. The summed E-state index contributed by atoms with van der Waals surface area (Å²) in [5.41, 5.74) is 3.33. The normalized spacial score (nSPS) is 11.4. The average Bonchev–Trinajstić information content (AvgIpc) is 2.80. The highest BCUT2D eigenvalue weighted by Crippen LogP contribution is 2.33. The van der Waals surface area contributed by atoms with Gasteiger partial charge in [0.1, 0.15) is 11.6 Å². The predicted molar refractivity (Wildman–Crippen MR) is 98.7 cm³/mol. The molecule has 0 amide bonds. The summed E-state index contributed by atoms with van der Waals surface area (Å²) in [5.74, 6) is -0.820. The van der Waals surface area contributed by atoms with E-state index in [2.05, 4.69) is 5.10 Å². The number of aromatic nitrogens is 2. The van der Waals surface area contributed by atoms with Crippen LogP contribution in [0.25, 0.3) is 23.4 Å². The molecule has 0 aliphatic heterocycles. The van der Waals surface area contributed by atoms with Crippen molar-refractivity contribution in [3.8, 4) is 11.3 Å². The minimum atomic E-state index is -0.411. The molecular formula is C19H14Cl2F2N2. The molecular weight excluding hydrogens is 365 g/mol. The van der Waals surface area contributed by atoms with Gasteiger partial charge in [-0.25, -0.2) is 8.78 Å². The van der Waals surface area contributed by atoms with Crippen LogP contribution in [0.5, 0.6) is 0 Å². The zero-order chi connectivity index (χ0) is 18.1. The summed E-state index contributed by atoms with van der Waals surface area (Å²) < 4.78 is 29.0.